The van der Waals surface area contributed by atoms with Crippen LogP contribution in [0.4, 0.5) is 4.39 Å². The van der Waals surface area contributed by atoms with Crippen molar-refractivity contribution in [3.05, 3.63) is 0 Å². The Morgan fingerprint density at radius 3 is 2.43 bits per heavy atom. The molecule has 0 unspecified atom stereocenters. The Labute approximate surface area is 89.8 Å². The summed E-state index contributed by atoms with van der Waals surface area (Å²) in [6, 6.07) is -0.464. The number of carbonyl (C=O) groups is 1. The Bertz CT molecular complexity index is 205. The van der Waals surface area contributed by atoms with E-state index in [1.807, 2.05) is 0 Å². The Hall–Kier alpha value is -0.350. The summed E-state index contributed by atoms with van der Waals surface area (Å²) in [6.07, 6.45) is -0.688. The van der Waals surface area contributed by atoms with Crippen LogP contribution in [0.15, 0.2) is 0 Å². The van der Waals surface area contributed by atoms with Gasteiger partial charge < -0.3 is 10.1 Å². The molecule has 1 fully saturated rings. The van der Waals surface area contributed by atoms with E-state index in [1.54, 1.807) is 20.8 Å². The van der Waals surface area contributed by atoms with Gasteiger partial charge in [-0.25, -0.2) is 4.39 Å². The van der Waals surface area contributed by atoms with Crippen LogP contribution >= 0.6 is 12.4 Å². The van der Waals surface area contributed by atoms with Gasteiger partial charge in [0.25, 0.3) is 0 Å². The largest absolute Gasteiger partial charge is 0.459 e. The smallest absolute Gasteiger partial charge is 0.323 e. The highest BCUT2D eigenvalue weighted by atomic mass is 35.5. The molecule has 1 rings (SSSR count). The lowest BCUT2D eigenvalue weighted by Crippen LogP contribution is -2.37. The number of rotatable bonds is 1. The molecule has 0 saturated carbocycles. The molecule has 0 aliphatic carbocycles. The number of hydrogen-bond acceptors (Lipinski definition) is 3. The Morgan fingerprint density at radius 1 is 1.50 bits per heavy atom. The normalized spacial score (nSPS) is 26.9. The zero-order chi connectivity index (χ0) is 10.1. The van der Waals surface area contributed by atoms with Crippen molar-refractivity contribution in [2.24, 2.45) is 0 Å². The molecule has 1 aliphatic rings. The van der Waals surface area contributed by atoms with Crippen LogP contribution in [0.25, 0.3) is 0 Å². The monoisotopic (exact) mass is 225 g/mol. The lowest BCUT2D eigenvalue weighted by molar-refractivity contribution is -0.157. The van der Waals surface area contributed by atoms with Crippen molar-refractivity contribution in [3.63, 3.8) is 0 Å². The second-order valence-electron chi connectivity index (χ2n) is 4.33. The first-order chi connectivity index (χ1) is 5.88. The molecule has 1 heterocycles. The lowest BCUT2D eigenvalue weighted by atomic mass is 10.1. The Kier molecular flexibility index (Phi) is 4.81. The topological polar surface area (TPSA) is 38.3 Å². The van der Waals surface area contributed by atoms with Gasteiger partial charge in [0.2, 0.25) is 0 Å². The van der Waals surface area contributed by atoms with Crippen LogP contribution in [-0.4, -0.2) is 30.3 Å². The van der Waals surface area contributed by atoms with Crippen molar-refractivity contribution in [2.75, 3.05) is 6.54 Å². The standard InChI is InChI=1S/C9H16FNO2.ClH/c1-9(2,3)13-8(12)7-4-6(10)5-11-7;/h6-7,11H,4-5H2,1-3H3;1H/t6-,7-;/m1./s1. The summed E-state index contributed by atoms with van der Waals surface area (Å²) < 4.78 is 17.8. The molecule has 2 atom stereocenters. The first kappa shape index (κ1) is 13.7. The summed E-state index contributed by atoms with van der Waals surface area (Å²) >= 11 is 0. The number of nitrogens with one attached hydrogen (secondary N) is 1. The number of ether oxygens (including phenoxy) is 1. The van der Waals surface area contributed by atoms with E-state index >= 15 is 0 Å². The molecular formula is C9H17ClFNO2. The van der Waals surface area contributed by atoms with Gasteiger partial charge in [0.15, 0.2) is 0 Å². The average molecular weight is 226 g/mol. The molecule has 0 aromatic heterocycles. The van der Waals surface area contributed by atoms with E-state index < -0.39 is 17.8 Å². The van der Waals surface area contributed by atoms with Crippen molar-refractivity contribution >= 4 is 18.4 Å². The van der Waals surface area contributed by atoms with E-state index in [4.69, 9.17) is 4.74 Å². The van der Waals surface area contributed by atoms with Crippen molar-refractivity contribution < 1.29 is 13.9 Å². The van der Waals surface area contributed by atoms with Crippen LogP contribution in [0.5, 0.6) is 0 Å². The predicted octanol–water partition coefficient (Wildman–Crippen LogP) is 1.45. The van der Waals surface area contributed by atoms with Gasteiger partial charge in [0, 0.05) is 13.0 Å². The van der Waals surface area contributed by atoms with Gasteiger partial charge in [-0.05, 0) is 20.8 Å². The fourth-order valence-electron chi connectivity index (χ4n) is 1.25. The van der Waals surface area contributed by atoms with E-state index in [0.717, 1.165) is 0 Å². The molecule has 0 aromatic rings. The molecule has 1 aliphatic heterocycles. The van der Waals surface area contributed by atoms with E-state index in [1.165, 1.54) is 0 Å². The summed E-state index contributed by atoms with van der Waals surface area (Å²) in [5.74, 6) is -0.354. The summed E-state index contributed by atoms with van der Waals surface area (Å²) in [7, 11) is 0. The van der Waals surface area contributed by atoms with Gasteiger partial charge >= 0.3 is 5.97 Å². The van der Waals surface area contributed by atoms with Gasteiger partial charge in [-0.1, -0.05) is 0 Å². The summed E-state index contributed by atoms with van der Waals surface area (Å²) in [5, 5.41) is 2.78. The molecule has 3 nitrogen and oxygen atoms in total. The maximum absolute atomic E-state index is 12.7. The van der Waals surface area contributed by atoms with Crippen LogP contribution in [-0.2, 0) is 9.53 Å². The first-order valence-electron chi connectivity index (χ1n) is 4.49. The molecule has 0 bridgehead atoms. The van der Waals surface area contributed by atoms with Crippen molar-refractivity contribution in [1.29, 1.82) is 0 Å². The van der Waals surface area contributed by atoms with Crippen LogP contribution in [0.3, 0.4) is 0 Å². The Balaban J connectivity index is 0.00000169. The number of alkyl halides is 1. The van der Waals surface area contributed by atoms with E-state index in [2.05, 4.69) is 5.32 Å². The SMILES string of the molecule is CC(C)(C)OC(=O)[C@H]1C[C@@H](F)CN1.Cl. The highest BCUT2D eigenvalue weighted by Gasteiger charge is 2.32. The quantitative estimate of drug-likeness (QED) is 0.687. The third-order valence-corrected chi connectivity index (χ3v) is 1.77. The van der Waals surface area contributed by atoms with Gasteiger partial charge in [-0.2, -0.15) is 0 Å². The third-order valence-electron chi connectivity index (χ3n) is 1.77. The van der Waals surface area contributed by atoms with Crippen LogP contribution < -0.4 is 5.32 Å². The van der Waals surface area contributed by atoms with Gasteiger partial charge in [0.05, 0.1) is 0 Å². The minimum absolute atomic E-state index is 0. The number of hydrogen-bond donors (Lipinski definition) is 1. The molecule has 0 aromatic carbocycles. The zero-order valence-electron chi connectivity index (χ0n) is 8.67. The minimum Gasteiger partial charge on any atom is -0.459 e. The maximum atomic E-state index is 12.7. The number of carbonyl (C=O) groups excluding carboxylic acids is 1. The molecule has 14 heavy (non-hydrogen) atoms. The molecule has 0 radical (unpaired) electrons. The molecule has 84 valence electrons. The molecule has 0 spiro atoms. The van der Waals surface area contributed by atoms with Crippen LogP contribution in [0.2, 0.25) is 0 Å². The van der Waals surface area contributed by atoms with E-state index in [9.17, 15) is 9.18 Å². The summed E-state index contributed by atoms with van der Waals surface area (Å²) in [5.41, 5.74) is -0.493. The fourth-order valence-corrected chi connectivity index (χ4v) is 1.25. The maximum Gasteiger partial charge on any atom is 0.323 e. The number of esters is 1. The number of halogens is 2. The van der Waals surface area contributed by atoms with Crippen LogP contribution in [0, 0.1) is 0 Å². The molecular weight excluding hydrogens is 209 g/mol. The third kappa shape index (κ3) is 4.24. The molecule has 0 amide bonds. The van der Waals surface area contributed by atoms with E-state index in [0.29, 0.717) is 0 Å². The van der Waals surface area contributed by atoms with Gasteiger partial charge in [0.1, 0.15) is 17.8 Å². The molecule has 1 N–H and O–H groups in total. The zero-order valence-corrected chi connectivity index (χ0v) is 9.49. The molecule has 5 heteroatoms. The summed E-state index contributed by atoms with van der Waals surface area (Å²) in [4.78, 5) is 11.4. The predicted molar refractivity (Wildman–Crippen MR) is 54.4 cm³/mol. The Morgan fingerprint density at radius 2 is 2.07 bits per heavy atom. The second-order valence-corrected chi connectivity index (χ2v) is 4.33. The van der Waals surface area contributed by atoms with Crippen molar-refractivity contribution in [3.8, 4) is 0 Å². The van der Waals surface area contributed by atoms with Gasteiger partial charge in [-0.15, -0.1) is 12.4 Å². The van der Waals surface area contributed by atoms with E-state index in [-0.39, 0.29) is 31.3 Å². The minimum atomic E-state index is -0.919. The van der Waals surface area contributed by atoms with Gasteiger partial charge in [-0.3, -0.25) is 4.79 Å². The molecule has 1 saturated heterocycles. The average Bonchev–Trinajstić information content (AvgIpc) is 2.31. The van der Waals surface area contributed by atoms with Crippen molar-refractivity contribution in [1.82, 2.24) is 5.32 Å². The van der Waals surface area contributed by atoms with Crippen molar-refractivity contribution in [2.45, 2.75) is 45.0 Å². The summed E-state index contributed by atoms with van der Waals surface area (Å²) in [6.45, 7) is 5.65. The highest BCUT2D eigenvalue weighted by Crippen LogP contribution is 2.15. The lowest BCUT2D eigenvalue weighted by Gasteiger charge is -2.21. The van der Waals surface area contributed by atoms with Crippen LogP contribution in [0.1, 0.15) is 27.2 Å². The highest BCUT2D eigenvalue weighted by molar-refractivity contribution is 5.85. The second kappa shape index (κ2) is 4.94. The fraction of sp³-hybridized carbons (Fsp3) is 0.889. The first-order valence-corrected chi connectivity index (χ1v) is 4.49.